The Kier molecular flexibility index (Phi) is 12.4. The van der Waals surface area contributed by atoms with Gasteiger partial charge in [-0.15, -0.1) is 0 Å². The van der Waals surface area contributed by atoms with Gasteiger partial charge in [0.25, 0.3) is 5.56 Å². The van der Waals surface area contributed by atoms with Gasteiger partial charge in [0, 0.05) is 57.8 Å². The molecular formula is C36H48FN7O4. The van der Waals surface area contributed by atoms with Crippen LogP contribution in [-0.4, -0.2) is 63.7 Å². The molecule has 0 atom stereocenters. The molecule has 0 bridgehead atoms. The summed E-state index contributed by atoms with van der Waals surface area (Å²) in [5, 5.41) is 4.96. The predicted octanol–water partition coefficient (Wildman–Crippen LogP) is 3.45. The van der Waals surface area contributed by atoms with Crippen molar-refractivity contribution in [2.75, 3.05) is 36.5 Å². The fourth-order valence-corrected chi connectivity index (χ4v) is 6.36. The topological polar surface area (TPSA) is 115 Å². The number of esters is 1. The molecule has 0 saturated carbocycles. The van der Waals surface area contributed by atoms with Gasteiger partial charge >= 0.3 is 5.97 Å². The summed E-state index contributed by atoms with van der Waals surface area (Å²) in [6, 6.07) is 8.09. The number of fused-ring (bicyclic) bond motifs is 1. The van der Waals surface area contributed by atoms with E-state index in [0.29, 0.717) is 31.9 Å². The lowest BCUT2D eigenvalue weighted by Gasteiger charge is -2.38. The molecule has 1 fully saturated rings. The van der Waals surface area contributed by atoms with Gasteiger partial charge in [-0.2, -0.15) is 0 Å². The van der Waals surface area contributed by atoms with Gasteiger partial charge in [0.15, 0.2) is 6.73 Å². The number of imidazole rings is 1. The maximum Gasteiger partial charge on any atom is 0.307 e. The number of anilines is 2. The largest absolute Gasteiger partial charge is 0.444 e. The quantitative estimate of drug-likeness (QED) is 0.184. The van der Waals surface area contributed by atoms with Crippen molar-refractivity contribution in [3.63, 3.8) is 0 Å². The summed E-state index contributed by atoms with van der Waals surface area (Å²) >= 11 is 0. The number of carbonyl (C=O) groups excluding carboxylic acids is 2. The summed E-state index contributed by atoms with van der Waals surface area (Å²) in [5.74, 6) is 0.679. The Bertz CT molecular complexity index is 1710. The standard InChI is InChI=1S/C36H48FN7O4/c1-3-4-5-6-12-32(45)38-21-9-13-34(47)48-26-44-33(46)18-22-39-35(44)41(2)29-19-23-42(24-20-29)36-40-30-10-7-8-11-31(30)43(36)25-27-14-16-28(37)17-15-27/h10-11,14-18,22,29H,3-9,12-13,19-21,23-26H2,1-2H3,(H,38,45). The third-order valence-electron chi connectivity index (χ3n) is 9.13. The molecule has 5 rings (SSSR count). The normalized spacial score (nSPS) is 14.5. The number of ether oxygens (including phenoxy) is 1. The van der Waals surface area contributed by atoms with Crippen molar-refractivity contribution in [3.8, 4) is 0 Å². The maximum absolute atomic E-state index is 13.6. The molecule has 1 aliphatic heterocycles. The number of carbonyl (C=O) groups is 2. The number of piperidine rings is 1. The van der Waals surface area contributed by atoms with E-state index in [1.165, 1.54) is 29.0 Å². The second-order valence-corrected chi connectivity index (χ2v) is 12.6. The fraction of sp³-hybridized carbons (Fsp3) is 0.528. The molecule has 1 saturated heterocycles. The molecular weight excluding hydrogens is 613 g/mol. The Morgan fingerprint density at radius 3 is 2.54 bits per heavy atom. The fourth-order valence-electron chi connectivity index (χ4n) is 6.36. The summed E-state index contributed by atoms with van der Waals surface area (Å²) < 4.78 is 22.7. The summed E-state index contributed by atoms with van der Waals surface area (Å²) in [7, 11) is 1.92. The van der Waals surface area contributed by atoms with Crippen molar-refractivity contribution in [1.29, 1.82) is 0 Å². The number of hydrogen-bond acceptors (Lipinski definition) is 8. The highest BCUT2D eigenvalue weighted by atomic mass is 19.1. The molecule has 3 aromatic rings. The molecule has 0 radical (unpaired) electrons. The third-order valence-corrected chi connectivity index (χ3v) is 9.13. The summed E-state index contributed by atoms with van der Waals surface area (Å²) in [6.45, 7) is 4.44. The minimum Gasteiger partial charge on any atom is -0.444 e. The van der Waals surface area contributed by atoms with Gasteiger partial charge < -0.3 is 24.4 Å². The molecule has 0 unspecified atom stereocenters. The van der Waals surface area contributed by atoms with E-state index in [9.17, 15) is 18.8 Å². The second kappa shape index (κ2) is 17.1. The van der Waals surface area contributed by atoms with Crippen LogP contribution in [0.1, 0.15) is 83.1 Å². The summed E-state index contributed by atoms with van der Waals surface area (Å²) in [5.41, 5.74) is 0.716. The first-order chi connectivity index (χ1) is 23.3. The number of halogens is 1. The molecule has 1 aromatic carbocycles. The van der Waals surface area contributed by atoms with E-state index in [1.807, 2.05) is 24.1 Å². The van der Waals surface area contributed by atoms with Crippen LogP contribution in [0, 0.1) is 5.82 Å². The number of nitrogens with one attached hydrogen (secondary N) is 1. The van der Waals surface area contributed by atoms with Crippen molar-refractivity contribution in [1.82, 2.24) is 24.4 Å². The van der Waals surface area contributed by atoms with Gasteiger partial charge in [-0.25, -0.2) is 18.9 Å². The van der Waals surface area contributed by atoms with E-state index in [2.05, 4.69) is 38.8 Å². The molecule has 258 valence electrons. The molecule has 1 N–H and O–H groups in total. The van der Waals surface area contributed by atoms with E-state index in [-0.39, 0.29) is 36.5 Å². The van der Waals surface area contributed by atoms with E-state index in [0.717, 1.165) is 86.7 Å². The lowest BCUT2D eigenvalue weighted by molar-refractivity contribution is -0.147. The van der Waals surface area contributed by atoms with E-state index >= 15 is 0 Å². The highest BCUT2D eigenvalue weighted by Gasteiger charge is 2.28. The van der Waals surface area contributed by atoms with Crippen LogP contribution in [0.3, 0.4) is 0 Å². The first kappa shape index (κ1) is 34.8. The van der Waals surface area contributed by atoms with Gasteiger partial charge in [0.2, 0.25) is 17.8 Å². The van der Waals surface area contributed by atoms with Crippen LogP contribution < -0.4 is 31.4 Å². The highest BCUT2D eigenvalue weighted by Crippen LogP contribution is 2.23. The van der Waals surface area contributed by atoms with Crippen molar-refractivity contribution >= 4 is 35.9 Å². The first-order valence-electron chi connectivity index (χ1n) is 17.3. The molecule has 3 heterocycles. The van der Waals surface area contributed by atoms with Crippen LogP contribution in [0.2, 0.25) is 0 Å². The van der Waals surface area contributed by atoms with Crippen LogP contribution in [-0.2, 0) is 27.6 Å². The van der Waals surface area contributed by atoms with Crippen LogP contribution in [0.4, 0.5) is 16.3 Å². The van der Waals surface area contributed by atoms with Gasteiger partial charge in [-0.3, -0.25) is 14.4 Å². The van der Waals surface area contributed by atoms with Crippen molar-refractivity contribution in [3.05, 3.63) is 69.0 Å². The smallest absolute Gasteiger partial charge is 0.307 e. The molecule has 1 aliphatic carbocycles. The Morgan fingerprint density at radius 1 is 1.00 bits per heavy atom. The van der Waals surface area contributed by atoms with Gasteiger partial charge in [-0.05, 0) is 56.2 Å². The van der Waals surface area contributed by atoms with E-state index in [1.54, 1.807) is 0 Å². The van der Waals surface area contributed by atoms with Crippen LogP contribution in [0.25, 0.3) is 12.2 Å². The Hall–Kier alpha value is -4.48. The van der Waals surface area contributed by atoms with Gasteiger partial charge in [0.05, 0.1) is 17.2 Å². The minimum atomic E-state index is -0.432. The van der Waals surface area contributed by atoms with Crippen molar-refractivity contribution < 1.29 is 18.7 Å². The van der Waals surface area contributed by atoms with E-state index in [4.69, 9.17) is 9.72 Å². The molecule has 0 spiro atoms. The maximum atomic E-state index is 13.6. The monoisotopic (exact) mass is 661 g/mol. The molecule has 11 nitrogen and oxygen atoms in total. The summed E-state index contributed by atoms with van der Waals surface area (Å²) in [4.78, 5) is 51.1. The lowest BCUT2D eigenvalue weighted by Crippen LogP contribution is -2.46. The average Bonchev–Trinajstić information content (AvgIpc) is 3.46. The van der Waals surface area contributed by atoms with Gasteiger partial charge in [-0.1, -0.05) is 50.5 Å². The van der Waals surface area contributed by atoms with Crippen LogP contribution >= 0.6 is 0 Å². The van der Waals surface area contributed by atoms with E-state index < -0.39 is 5.97 Å². The molecule has 48 heavy (non-hydrogen) atoms. The Balaban J connectivity index is 1.16. The third kappa shape index (κ3) is 9.11. The number of benzene rings is 1. The van der Waals surface area contributed by atoms with Crippen molar-refractivity contribution in [2.45, 2.75) is 96.9 Å². The SMILES string of the molecule is CCCCCCC(=O)NCCCC(=O)OCn1c(N(C)C2CCN(c3nc4c(n3Cc3ccc(F)cc3)=CCCC=4)CC2)nccc1=O. The highest BCUT2D eigenvalue weighted by molar-refractivity contribution is 5.75. The summed E-state index contributed by atoms with van der Waals surface area (Å²) in [6.07, 6.45) is 14.7. The molecule has 12 heteroatoms. The zero-order valence-electron chi connectivity index (χ0n) is 28.2. The Labute approximate surface area is 281 Å². The molecule has 1 amide bonds. The van der Waals surface area contributed by atoms with Crippen molar-refractivity contribution in [2.24, 2.45) is 0 Å². The first-order valence-corrected chi connectivity index (χ1v) is 17.3. The van der Waals surface area contributed by atoms with Crippen LogP contribution in [0.15, 0.2) is 41.3 Å². The minimum absolute atomic E-state index is 0.00578. The number of rotatable bonds is 16. The van der Waals surface area contributed by atoms with Crippen LogP contribution in [0.5, 0.6) is 0 Å². The molecule has 2 aromatic heterocycles. The molecule has 2 aliphatic rings. The lowest BCUT2D eigenvalue weighted by atomic mass is 10.0. The second-order valence-electron chi connectivity index (χ2n) is 12.6. The zero-order valence-corrected chi connectivity index (χ0v) is 28.2. The number of amides is 1. The Morgan fingerprint density at radius 2 is 1.77 bits per heavy atom. The number of hydrogen-bond donors (Lipinski definition) is 1. The average molecular weight is 662 g/mol. The predicted molar refractivity (Wildman–Crippen MR) is 184 cm³/mol. The number of unbranched alkanes of at least 4 members (excludes halogenated alkanes) is 3. The zero-order chi connectivity index (χ0) is 33.9. The van der Waals surface area contributed by atoms with Gasteiger partial charge in [0.1, 0.15) is 5.82 Å². The number of aromatic nitrogens is 4. The number of nitrogens with zero attached hydrogens (tertiary/aromatic N) is 6.